The lowest BCUT2D eigenvalue weighted by molar-refractivity contribution is -0.385. The molecule has 2 aromatic carbocycles. The Morgan fingerprint density at radius 2 is 2.00 bits per heavy atom. The van der Waals surface area contributed by atoms with Gasteiger partial charge in [0.25, 0.3) is 0 Å². The fourth-order valence-corrected chi connectivity index (χ4v) is 1.90. The highest BCUT2D eigenvalue weighted by atomic mass is 79.9. The maximum absolute atomic E-state index is 10.9. The highest BCUT2D eigenvalue weighted by molar-refractivity contribution is 9.10. The molecule has 0 saturated carbocycles. The SMILES string of the molecule is COc1ccc(C=NNc2ccc(Br)cc2)cc1[N+](=O)[O-]. The summed E-state index contributed by atoms with van der Waals surface area (Å²) in [6, 6.07) is 12.1. The molecule has 0 unspecified atom stereocenters. The molecule has 0 aliphatic carbocycles. The van der Waals surface area contributed by atoms with Crippen molar-refractivity contribution in [1.82, 2.24) is 0 Å². The van der Waals surface area contributed by atoms with Crippen LogP contribution in [0.3, 0.4) is 0 Å². The number of methoxy groups -OCH3 is 1. The first-order chi connectivity index (χ1) is 10.1. The van der Waals surface area contributed by atoms with E-state index in [9.17, 15) is 10.1 Å². The second kappa shape index (κ2) is 6.85. The molecule has 0 bridgehead atoms. The summed E-state index contributed by atoms with van der Waals surface area (Å²) < 4.78 is 5.92. The minimum absolute atomic E-state index is 0.0925. The Morgan fingerprint density at radius 1 is 1.29 bits per heavy atom. The smallest absolute Gasteiger partial charge is 0.311 e. The van der Waals surface area contributed by atoms with Crippen LogP contribution >= 0.6 is 15.9 Å². The van der Waals surface area contributed by atoms with Gasteiger partial charge in [-0.1, -0.05) is 15.9 Å². The zero-order valence-corrected chi connectivity index (χ0v) is 12.7. The van der Waals surface area contributed by atoms with Gasteiger partial charge in [0.1, 0.15) is 0 Å². The van der Waals surface area contributed by atoms with Crippen LogP contribution in [0.25, 0.3) is 0 Å². The lowest BCUT2D eigenvalue weighted by Gasteiger charge is -2.02. The van der Waals surface area contributed by atoms with Crippen molar-refractivity contribution in [2.24, 2.45) is 5.10 Å². The predicted molar refractivity (Wildman–Crippen MR) is 85.0 cm³/mol. The second-order valence-corrected chi connectivity index (χ2v) is 4.98. The van der Waals surface area contributed by atoms with Crippen molar-refractivity contribution in [1.29, 1.82) is 0 Å². The van der Waals surface area contributed by atoms with Gasteiger partial charge in [0.2, 0.25) is 0 Å². The number of hydrogen-bond acceptors (Lipinski definition) is 5. The fourth-order valence-electron chi connectivity index (χ4n) is 1.64. The number of nitrogens with zero attached hydrogens (tertiary/aromatic N) is 2. The normalized spacial score (nSPS) is 10.6. The number of ether oxygens (including phenoxy) is 1. The number of nitrogens with one attached hydrogen (secondary N) is 1. The zero-order chi connectivity index (χ0) is 15.2. The Bertz CT molecular complexity index is 672. The molecule has 6 nitrogen and oxygen atoms in total. The highest BCUT2D eigenvalue weighted by Gasteiger charge is 2.14. The molecule has 0 heterocycles. The summed E-state index contributed by atoms with van der Waals surface area (Å²) in [7, 11) is 1.39. The minimum Gasteiger partial charge on any atom is -0.490 e. The molecule has 0 aromatic heterocycles. The van der Waals surface area contributed by atoms with Gasteiger partial charge in [-0.25, -0.2) is 0 Å². The maximum Gasteiger partial charge on any atom is 0.311 e. The van der Waals surface area contributed by atoms with Crippen molar-refractivity contribution < 1.29 is 9.66 Å². The molecule has 0 aliphatic rings. The number of nitro benzene ring substituents is 1. The van der Waals surface area contributed by atoms with Gasteiger partial charge in [-0.15, -0.1) is 0 Å². The summed E-state index contributed by atoms with van der Waals surface area (Å²) in [5, 5.41) is 15.0. The minimum atomic E-state index is -0.488. The van der Waals surface area contributed by atoms with Crippen molar-refractivity contribution in [3.63, 3.8) is 0 Å². The molecule has 2 rings (SSSR count). The van der Waals surface area contributed by atoms with Crippen LogP contribution < -0.4 is 10.2 Å². The molecule has 0 radical (unpaired) electrons. The quantitative estimate of drug-likeness (QED) is 0.505. The van der Waals surface area contributed by atoms with Crippen molar-refractivity contribution in [2.75, 3.05) is 12.5 Å². The molecule has 2 aromatic rings. The van der Waals surface area contributed by atoms with Gasteiger partial charge in [-0.2, -0.15) is 5.10 Å². The van der Waals surface area contributed by atoms with Crippen LogP contribution in [0.1, 0.15) is 5.56 Å². The summed E-state index contributed by atoms with van der Waals surface area (Å²) in [5.41, 5.74) is 4.17. The molecule has 7 heteroatoms. The van der Waals surface area contributed by atoms with Gasteiger partial charge in [0, 0.05) is 16.1 Å². The summed E-state index contributed by atoms with van der Waals surface area (Å²) in [6.45, 7) is 0. The van der Waals surface area contributed by atoms with Crippen LogP contribution in [0.15, 0.2) is 52.0 Å². The average molecular weight is 350 g/mol. The monoisotopic (exact) mass is 349 g/mol. The second-order valence-electron chi connectivity index (χ2n) is 4.07. The summed E-state index contributed by atoms with van der Waals surface area (Å²) in [5.74, 6) is 0.220. The van der Waals surface area contributed by atoms with E-state index >= 15 is 0 Å². The lowest BCUT2D eigenvalue weighted by atomic mass is 10.2. The topological polar surface area (TPSA) is 76.8 Å². The van der Waals surface area contributed by atoms with E-state index in [2.05, 4.69) is 26.5 Å². The van der Waals surface area contributed by atoms with Gasteiger partial charge < -0.3 is 4.74 Å². The Hall–Kier alpha value is -2.41. The number of benzene rings is 2. The molecule has 0 saturated heterocycles. The van der Waals surface area contributed by atoms with Gasteiger partial charge in [-0.3, -0.25) is 15.5 Å². The fraction of sp³-hybridized carbons (Fsp3) is 0.0714. The Balaban J connectivity index is 2.12. The van der Waals surface area contributed by atoms with E-state index in [1.807, 2.05) is 24.3 Å². The number of anilines is 1. The third-order valence-corrected chi connectivity index (χ3v) is 3.18. The number of hydrogen-bond donors (Lipinski definition) is 1. The van der Waals surface area contributed by atoms with Crippen LogP contribution in [0.2, 0.25) is 0 Å². The van der Waals surface area contributed by atoms with E-state index in [1.165, 1.54) is 19.4 Å². The number of nitro groups is 1. The first kappa shape index (κ1) is 15.0. The molecular formula is C14H12BrN3O3. The van der Waals surface area contributed by atoms with E-state index in [-0.39, 0.29) is 11.4 Å². The highest BCUT2D eigenvalue weighted by Crippen LogP contribution is 2.26. The Labute approximate surface area is 129 Å². The summed E-state index contributed by atoms with van der Waals surface area (Å²) in [4.78, 5) is 10.4. The number of rotatable bonds is 5. The molecule has 0 amide bonds. The van der Waals surface area contributed by atoms with E-state index < -0.39 is 4.92 Å². The van der Waals surface area contributed by atoms with Crippen molar-refractivity contribution in [2.45, 2.75) is 0 Å². The Morgan fingerprint density at radius 3 is 2.62 bits per heavy atom. The average Bonchev–Trinajstić information content (AvgIpc) is 2.49. The maximum atomic E-state index is 10.9. The molecule has 1 N–H and O–H groups in total. The third-order valence-electron chi connectivity index (χ3n) is 2.65. The summed E-state index contributed by atoms with van der Waals surface area (Å²) in [6.07, 6.45) is 1.51. The van der Waals surface area contributed by atoms with E-state index in [0.717, 1.165) is 10.2 Å². The lowest BCUT2D eigenvalue weighted by Crippen LogP contribution is -1.96. The number of halogens is 1. The van der Waals surface area contributed by atoms with Gasteiger partial charge >= 0.3 is 5.69 Å². The standard InChI is InChI=1S/C14H12BrN3O3/c1-21-14-7-2-10(8-13(14)18(19)20)9-16-17-12-5-3-11(15)4-6-12/h2-9,17H,1H3. The third kappa shape index (κ3) is 4.03. The zero-order valence-electron chi connectivity index (χ0n) is 11.1. The van der Waals surface area contributed by atoms with Crippen LogP contribution in [-0.4, -0.2) is 18.2 Å². The van der Waals surface area contributed by atoms with E-state index in [0.29, 0.717) is 5.56 Å². The van der Waals surface area contributed by atoms with Gasteiger partial charge in [0.05, 0.1) is 23.9 Å². The Kier molecular flexibility index (Phi) is 4.89. The van der Waals surface area contributed by atoms with Crippen LogP contribution in [0.5, 0.6) is 5.75 Å². The predicted octanol–water partition coefficient (Wildman–Crippen LogP) is 3.81. The van der Waals surface area contributed by atoms with Crippen molar-refractivity contribution in [3.05, 3.63) is 62.6 Å². The van der Waals surface area contributed by atoms with Crippen molar-refractivity contribution in [3.8, 4) is 5.75 Å². The first-order valence-corrected chi connectivity index (χ1v) is 6.76. The van der Waals surface area contributed by atoms with E-state index in [1.54, 1.807) is 12.1 Å². The molecule has 108 valence electrons. The molecule has 0 spiro atoms. The molecule has 0 atom stereocenters. The van der Waals surface area contributed by atoms with Crippen molar-refractivity contribution >= 4 is 33.5 Å². The van der Waals surface area contributed by atoms with E-state index in [4.69, 9.17) is 4.74 Å². The van der Waals surface area contributed by atoms with Crippen LogP contribution in [-0.2, 0) is 0 Å². The van der Waals surface area contributed by atoms with Crippen LogP contribution in [0, 0.1) is 10.1 Å². The molecule has 0 fully saturated rings. The molecule has 21 heavy (non-hydrogen) atoms. The first-order valence-electron chi connectivity index (χ1n) is 5.97. The largest absolute Gasteiger partial charge is 0.490 e. The van der Waals surface area contributed by atoms with Crippen LogP contribution in [0.4, 0.5) is 11.4 Å². The van der Waals surface area contributed by atoms with Gasteiger partial charge in [0.15, 0.2) is 5.75 Å². The molecule has 0 aliphatic heterocycles. The summed E-state index contributed by atoms with van der Waals surface area (Å²) >= 11 is 3.34. The van der Waals surface area contributed by atoms with Gasteiger partial charge in [-0.05, 0) is 36.4 Å². The molecular weight excluding hydrogens is 338 g/mol. The number of hydrazone groups is 1.